The Bertz CT molecular complexity index is 1110. The second-order valence-corrected chi connectivity index (χ2v) is 8.04. The van der Waals surface area contributed by atoms with E-state index in [9.17, 15) is 9.59 Å². The fourth-order valence-corrected chi connectivity index (χ4v) is 4.32. The molecule has 0 bridgehead atoms. The number of aromatic nitrogens is 1. The molecule has 0 radical (unpaired) electrons. The van der Waals surface area contributed by atoms with E-state index in [0.29, 0.717) is 35.7 Å². The summed E-state index contributed by atoms with van der Waals surface area (Å²) >= 11 is 1.38. The third-order valence-electron chi connectivity index (χ3n) is 4.83. The molecule has 0 aliphatic heterocycles. The van der Waals surface area contributed by atoms with E-state index in [-0.39, 0.29) is 11.9 Å². The lowest BCUT2D eigenvalue weighted by atomic mass is 10.2. The molecule has 0 saturated carbocycles. The number of carbonyl (C=O) groups is 2. The van der Waals surface area contributed by atoms with Crippen molar-refractivity contribution in [2.24, 2.45) is 4.99 Å². The zero-order valence-corrected chi connectivity index (χ0v) is 19.0. The molecule has 164 valence electrons. The molecule has 2 aromatic carbocycles. The fourth-order valence-electron chi connectivity index (χ4n) is 3.19. The van der Waals surface area contributed by atoms with Gasteiger partial charge in [-0.05, 0) is 62.7 Å². The normalized spacial score (nSPS) is 11.6. The quantitative estimate of drug-likeness (QED) is 0.338. The number of nitrogens with zero attached hydrogens (tertiary/aromatic N) is 2. The lowest BCUT2D eigenvalue weighted by Gasteiger charge is -2.05. The van der Waals surface area contributed by atoms with E-state index in [0.717, 1.165) is 35.2 Å². The van der Waals surface area contributed by atoms with Gasteiger partial charge in [-0.2, -0.15) is 4.99 Å². The van der Waals surface area contributed by atoms with Crippen molar-refractivity contribution in [1.82, 2.24) is 4.57 Å². The lowest BCUT2D eigenvalue weighted by Crippen LogP contribution is -2.15. The summed E-state index contributed by atoms with van der Waals surface area (Å²) in [6.45, 7) is 7.60. The number of esters is 1. The standard InChI is InChI=1S/C24H28N2O4S/c1-4-7-8-15-30-19-12-9-17(10-13-19)22(27)25-24-26(5-2)20-14-11-18(16-21(20)31-24)23(28)29-6-3/h9-14,16H,4-8,15H2,1-3H3. The smallest absolute Gasteiger partial charge is 0.338 e. The largest absolute Gasteiger partial charge is 0.494 e. The summed E-state index contributed by atoms with van der Waals surface area (Å²) in [6.07, 6.45) is 3.31. The summed E-state index contributed by atoms with van der Waals surface area (Å²) in [5.74, 6) is 0.0916. The number of amides is 1. The van der Waals surface area contributed by atoms with Gasteiger partial charge in [0.25, 0.3) is 5.91 Å². The molecule has 0 spiro atoms. The Kier molecular flexibility index (Phi) is 8.00. The highest BCUT2D eigenvalue weighted by Gasteiger charge is 2.12. The molecule has 0 atom stereocenters. The Balaban J connectivity index is 1.83. The van der Waals surface area contributed by atoms with Gasteiger partial charge in [0.2, 0.25) is 0 Å². The van der Waals surface area contributed by atoms with Crippen molar-refractivity contribution in [3.05, 3.63) is 58.4 Å². The van der Waals surface area contributed by atoms with Gasteiger partial charge in [-0.3, -0.25) is 4.79 Å². The van der Waals surface area contributed by atoms with Gasteiger partial charge in [-0.15, -0.1) is 0 Å². The molecular formula is C24H28N2O4S. The number of benzene rings is 2. The van der Waals surface area contributed by atoms with Crippen molar-refractivity contribution in [3.63, 3.8) is 0 Å². The molecule has 0 saturated heterocycles. The molecule has 0 aliphatic carbocycles. The number of rotatable bonds is 9. The van der Waals surface area contributed by atoms with Gasteiger partial charge in [0, 0.05) is 12.1 Å². The first-order valence-electron chi connectivity index (χ1n) is 10.7. The molecule has 0 unspecified atom stereocenters. The number of fused-ring (bicyclic) bond motifs is 1. The molecule has 0 aliphatic rings. The number of unbranched alkanes of at least 4 members (excludes halogenated alkanes) is 2. The Morgan fingerprint density at radius 2 is 1.74 bits per heavy atom. The summed E-state index contributed by atoms with van der Waals surface area (Å²) in [4.78, 5) is 29.7. The van der Waals surface area contributed by atoms with Gasteiger partial charge in [-0.25, -0.2) is 4.79 Å². The highest BCUT2D eigenvalue weighted by Crippen LogP contribution is 2.20. The minimum atomic E-state index is -0.354. The molecule has 1 heterocycles. The lowest BCUT2D eigenvalue weighted by molar-refractivity contribution is 0.0526. The molecule has 1 amide bonds. The second kappa shape index (κ2) is 10.9. The molecule has 6 nitrogen and oxygen atoms in total. The summed E-state index contributed by atoms with van der Waals surface area (Å²) < 4.78 is 13.6. The predicted molar refractivity (Wildman–Crippen MR) is 123 cm³/mol. The molecular weight excluding hydrogens is 412 g/mol. The van der Waals surface area contributed by atoms with Crippen LogP contribution in [0.1, 0.15) is 60.7 Å². The molecule has 1 aromatic heterocycles. The number of hydrogen-bond acceptors (Lipinski definition) is 5. The van der Waals surface area contributed by atoms with E-state index in [1.807, 2.05) is 17.6 Å². The summed E-state index contributed by atoms with van der Waals surface area (Å²) in [5.41, 5.74) is 1.93. The Morgan fingerprint density at radius 1 is 1.00 bits per heavy atom. The van der Waals surface area contributed by atoms with E-state index in [1.54, 1.807) is 43.3 Å². The van der Waals surface area contributed by atoms with Crippen molar-refractivity contribution in [2.75, 3.05) is 13.2 Å². The second-order valence-electron chi connectivity index (χ2n) is 7.03. The molecule has 3 aromatic rings. The Hall–Kier alpha value is -2.93. The minimum absolute atomic E-state index is 0.308. The van der Waals surface area contributed by atoms with Gasteiger partial charge in [-0.1, -0.05) is 31.1 Å². The topological polar surface area (TPSA) is 69.9 Å². The minimum Gasteiger partial charge on any atom is -0.494 e. The first-order valence-corrected chi connectivity index (χ1v) is 11.5. The van der Waals surface area contributed by atoms with Crippen molar-refractivity contribution < 1.29 is 19.1 Å². The van der Waals surface area contributed by atoms with Crippen LogP contribution in [0.3, 0.4) is 0 Å². The van der Waals surface area contributed by atoms with Crippen LogP contribution in [0.5, 0.6) is 5.75 Å². The summed E-state index contributed by atoms with van der Waals surface area (Å²) in [7, 11) is 0. The van der Waals surface area contributed by atoms with Crippen molar-refractivity contribution in [3.8, 4) is 5.75 Å². The maximum absolute atomic E-state index is 12.7. The number of ether oxygens (including phenoxy) is 2. The molecule has 3 rings (SSSR count). The monoisotopic (exact) mass is 440 g/mol. The third-order valence-corrected chi connectivity index (χ3v) is 5.87. The van der Waals surface area contributed by atoms with Crippen LogP contribution in [0.25, 0.3) is 10.2 Å². The van der Waals surface area contributed by atoms with Crippen LogP contribution in [-0.2, 0) is 11.3 Å². The van der Waals surface area contributed by atoms with Crippen molar-refractivity contribution in [2.45, 2.75) is 46.6 Å². The fraction of sp³-hybridized carbons (Fsp3) is 0.375. The Labute approximate surface area is 186 Å². The Morgan fingerprint density at radius 3 is 2.42 bits per heavy atom. The summed E-state index contributed by atoms with van der Waals surface area (Å²) in [5, 5.41) is 0. The van der Waals surface area contributed by atoms with E-state index in [1.165, 1.54) is 11.3 Å². The highest BCUT2D eigenvalue weighted by atomic mass is 32.1. The van der Waals surface area contributed by atoms with E-state index in [4.69, 9.17) is 9.47 Å². The first-order chi connectivity index (χ1) is 15.1. The molecule has 0 N–H and O–H groups in total. The molecule has 0 fully saturated rings. The SMILES string of the molecule is CCCCCOc1ccc(C(=O)N=c2sc3cc(C(=O)OCC)ccc3n2CC)cc1. The van der Waals surface area contributed by atoms with Crippen molar-refractivity contribution >= 4 is 33.4 Å². The predicted octanol–water partition coefficient (Wildman–Crippen LogP) is 5.21. The maximum Gasteiger partial charge on any atom is 0.338 e. The van der Waals surface area contributed by atoms with Crippen LogP contribution in [0.4, 0.5) is 0 Å². The van der Waals surface area contributed by atoms with Crippen LogP contribution >= 0.6 is 11.3 Å². The van der Waals surface area contributed by atoms with Gasteiger partial charge in [0.05, 0.1) is 29.0 Å². The number of carbonyl (C=O) groups excluding carboxylic acids is 2. The van der Waals surface area contributed by atoms with Gasteiger partial charge < -0.3 is 14.0 Å². The van der Waals surface area contributed by atoms with Crippen molar-refractivity contribution in [1.29, 1.82) is 0 Å². The molecule has 7 heteroatoms. The average molecular weight is 441 g/mol. The van der Waals surface area contributed by atoms with Gasteiger partial charge in [0.1, 0.15) is 5.75 Å². The van der Waals surface area contributed by atoms with Crippen LogP contribution in [0, 0.1) is 0 Å². The average Bonchev–Trinajstić information content (AvgIpc) is 3.13. The van der Waals surface area contributed by atoms with Crippen LogP contribution < -0.4 is 9.54 Å². The highest BCUT2D eigenvalue weighted by molar-refractivity contribution is 7.16. The summed E-state index contributed by atoms with van der Waals surface area (Å²) in [6, 6.07) is 12.5. The third kappa shape index (κ3) is 5.61. The zero-order valence-electron chi connectivity index (χ0n) is 18.2. The van der Waals surface area contributed by atoms with E-state index in [2.05, 4.69) is 11.9 Å². The number of thiazole rings is 1. The number of hydrogen-bond donors (Lipinski definition) is 0. The zero-order chi connectivity index (χ0) is 22.2. The first kappa shape index (κ1) is 22.7. The van der Waals surface area contributed by atoms with Gasteiger partial charge in [0.15, 0.2) is 4.80 Å². The maximum atomic E-state index is 12.7. The van der Waals surface area contributed by atoms with E-state index >= 15 is 0 Å². The van der Waals surface area contributed by atoms with Crippen LogP contribution in [0.15, 0.2) is 47.5 Å². The van der Waals surface area contributed by atoms with Crippen LogP contribution in [-0.4, -0.2) is 29.7 Å². The number of aryl methyl sites for hydroxylation is 1. The van der Waals surface area contributed by atoms with Crippen LogP contribution in [0.2, 0.25) is 0 Å². The van der Waals surface area contributed by atoms with Gasteiger partial charge >= 0.3 is 5.97 Å². The van der Waals surface area contributed by atoms with E-state index < -0.39 is 0 Å². The molecule has 31 heavy (non-hydrogen) atoms.